The molecule has 1 amide bonds. The Morgan fingerprint density at radius 3 is 2.82 bits per heavy atom. The van der Waals surface area contributed by atoms with Gasteiger partial charge in [0.05, 0.1) is 0 Å². The van der Waals surface area contributed by atoms with Crippen LogP contribution in [0.4, 0.5) is 5.13 Å². The third-order valence-electron chi connectivity index (χ3n) is 2.51. The Balaban J connectivity index is 1.96. The molecule has 2 rings (SSSR count). The van der Waals surface area contributed by atoms with E-state index in [1.807, 2.05) is 6.07 Å². The molecule has 0 aliphatic heterocycles. The van der Waals surface area contributed by atoms with Crippen molar-refractivity contribution < 1.29 is 13.2 Å². The first-order valence-electron chi connectivity index (χ1n) is 6.22. The second-order valence-corrected chi connectivity index (χ2v) is 7.69. The Hall–Kier alpha value is -1.55. The molecule has 1 aromatic heterocycles. The number of carbonyl (C=O) groups excluding carboxylic acids is 1. The molecule has 7 nitrogen and oxygen atoms in total. The second kappa shape index (κ2) is 7.14. The zero-order valence-corrected chi connectivity index (χ0v) is 13.9. The van der Waals surface area contributed by atoms with E-state index in [1.54, 1.807) is 18.2 Å². The van der Waals surface area contributed by atoms with Crippen LogP contribution in [0.15, 0.2) is 28.6 Å². The Bertz CT molecular complexity index is 776. The van der Waals surface area contributed by atoms with E-state index in [-0.39, 0.29) is 21.9 Å². The van der Waals surface area contributed by atoms with Gasteiger partial charge in [-0.2, -0.15) is 0 Å². The van der Waals surface area contributed by atoms with Gasteiger partial charge in [-0.1, -0.05) is 35.1 Å². The van der Waals surface area contributed by atoms with Gasteiger partial charge in [-0.3, -0.25) is 4.79 Å². The molecule has 22 heavy (non-hydrogen) atoms. The minimum atomic E-state index is -3.74. The first-order valence-corrected chi connectivity index (χ1v) is 8.90. The predicted octanol–water partition coefficient (Wildman–Crippen LogP) is 1.67. The van der Waals surface area contributed by atoms with Crippen LogP contribution in [-0.4, -0.2) is 31.1 Å². The summed E-state index contributed by atoms with van der Waals surface area (Å²) in [6.45, 7) is 1.51. The molecule has 0 aliphatic rings. The number of hydrogen-bond acceptors (Lipinski definition) is 6. The first-order chi connectivity index (χ1) is 10.4. The van der Waals surface area contributed by atoms with Crippen molar-refractivity contribution in [3.63, 3.8) is 0 Å². The van der Waals surface area contributed by atoms with Crippen molar-refractivity contribution in [3.8, 4) is 0 Å². The number of benzene rings is 1. The molecule has 118 valence electrons. The maximum atomic E-state index is 12.0. The molecular formula is C12H13ClN4O3S2. The van der Waals surface area contributed by atoms with Gasteiger partial charge in [0, 0.05) is 18.5 Å². The van der Waals surface area contributed by atoms with Gasteiger partial charge in [0.15, 0.2) is 0 Å². The van der Waals surface area contributed by atoms with Gasteiger partial charge in [-0.05, 0) is 24.1 Å². The Kier molecular flexibility index (Phi) is 5.46. The fourth-order valence-electron chi connectivity index (χ4n) is 1.60. The van der Waals surface area contributed by atoms with Gasteiger partial charge >= 0.3 is 0 Å². The lowest BCUT2D eigenvalue weighted by atomic mass is 10.2. The molecule has 0 bridgehead atoms. The monoisotopic (exact) mass is 360 g/mol. The lowest BCUT2D eigenvalue weighted by Crippen LogP contribution is -2.25. The summed E-state index contributed by atoms with van der Waals surface area (Å²) in [5.41, 5.74) is 0.923. The topological polar surface area (TPSA) is 101 Å². The molecular weight excluding hydrogens is 348 g/mol. The van der Waals surface area contributed by atoms with Crippen LogP contribution in [0.2, 0.25) is 5.02 Å². The maximum Gasteiger partial charge on any atom is 0.269 e. The third-order valence-corrected chi connectivity index (χ3v) is 5.42. The van der Waals surface area contributed by atoms with Crippen molar-refractivity contribution in [2.24, 2.45) is 0 Å². The molecule has 1 aromatic carbocycles. The Morgan fingerprint density at radius 1 is 1.36 bits per heavy atom. The summed E-state index contributed by atoms with van der Waals surface area (Å²) < 4.78 is 26.3. The number of rotatable bonds is 6. The number of nitrogens with one attached hydrogen (secondary N) is 2. The highest BCUT2D eigenvalue weighted by Gasteiger charge is 2.20. The van der Waals surface area contributed by atoms with Crippen molar-refractivity contribution in [3.05, 3.63) is 34.9 Å². The Morgan fingerprint density at radius 2 is 2.14 bits per heavy atom. The van der Waals surface area contributed by atoms with Crippen molar-refractivity contribution in [1.82, 2.24) is 14.9 Å². The molecule has 1 heterocycles. The number of nitrogens with zero attached hydrogens (tertiary/aromatic N) is 2. The van der Waals surface area contributed by atoms with Gasteiger partial charge in [0.25, 0.3) is 10.0 Å². The molecule has 0 spiro atoms. The van der Waals surface area contributed by atoms with Gasteiger partial charge in [-0.25, -0.2) is 13.1 Å². The first kappa shape index (κ1) is 16.8. The van der Waals surface area contributed by atoms with E-state index >= 15 is 0 Å². The van der Waals surface area contributed by atoms with E-state index in [0.717, 1.165) is 16.9 Å². The molecule has 0 radical (unpaired) electrons. The van der Waals surface area contributed by atoms with Crippen LogP contribution in [0.5, 0.6) is 0 Å². The van der Waals surface area contributed by atoms with Gasteiger partial charge in [0.1, 0.15) is 0 Å². The Labute approximate surface area is 136 Å². The molecule has 0 aliphatic carbocycles. The average Bonchev–Trinajstić information content (AvgIpc) is 2.87. The van der Waals surface area contributed by atoms with E-state index in [2.05, 4.69) is 20.2 Å². The highest BCUT2D eigenvalue weighted by molar-refractivity contribution is 7.91. The minimum absolute atomic E-state index is 0.141. The zero-order chi connectivity index (χ0) is 16.2. The predicted molar refractivity (Wildman–Crippen MR) is 84.6 cm³/mol. The van der Waals surface area contributed by atoms with Crippen molar-refractivity contribution in [2.45, 2.75) is 17.7 Å². The molecule has 10 heteroatoms. The molecule has 0 saturated carbocycles. The van der Waals surface area contributed by atoms with Crippen LogP contribution in [0.3, 0.4) is 0 Å². The number of sulfonamides is 1. The number of halogens is 1. The zero-order valence-electron chi connectivity index (χ0n) is 11.5. The molecule has 0 fully saturated rings. The van der Waals surface area contributed by atoms with Gasteiger partial charge in [0.2, 0.25) is 15.4 Å². The lowest BCUT2D eigenvalue weighted by molar-refractivity contribution is -0.114. The number of amides is 1. The highest BCUT2D eigenvalue weighted by Crippen LogP contribution is 2.19. The van der Waals surface area contributed by atoms with E-state index in [0.29, 0.717) is 11.4 Å². The standard InChI is InChI=1S/C12H13ClN4O3S2/c1-8(18)15-11-16-17-12(21-11)22(19,20)14-6-5-9-3-2-4-10(13)7-9/h2-4,7,14H,5-6H2,1H3,(H,15,16,18). The van der Waals surface area contributed by atoms with Crippen LogP contribution in [0.1, 0.15) is 12.5 Å². The quantitative estimate of drug-likeness (QED) is 0.763. The molecule has 2 aromatic rings. The van der Waals surface area contributed by atoms with Crippen LogP contribution in [0.25, 0.3) is 0 Å². The smallest absolute Gasteiger partial charge is 0.269 e. The van der Waals surface area contributed by atoms with Crippen molar-refractivity contribution in [1.29, 1.82) is 0 Å². The van der Waals surface area contributed by atoms with Gasteiger partial charge < -0.3 is 5.32 Å². The highest BCUT2D eigenvalue weighted by atomic mass is 35.5. The summed E-state index contributed by atoms with van der Waals surface area (Å²) in [4.78, 5) is 10.9. The summed E-state index contributed by atoms with van der Waals surface area (Å²) in [6.07, 6.45) is 0.497. The normalized spacial score (nSPS) is 11.4. The van der Waals surface area contributed by atoms with Gasteiger partial charge in [-0.15, -0.1) is 10.2 Å². The van der Waals surface area contributed by atoms with Crippen LogP contribution < -0.4 is 10.0 Å². The second-order valence-electron chi connectivity index (χ2n) is 4.33. The summed E-state index contributed by atoms with van der Waals surface area (Å²) >= 11 is 6.66. The SMILES string of the molecule is CC(=O)Nc1nnc(S(=O)(=O)NCCc2cccc(Cl)c2)s1. The molecule has 0 atom stereocenters. The summed E-state index contributed by atoms with van der Waals surface area (Å²) in [5.74, 6) is -0.339. The average molecular weight is 361 g/mol. The number of aromatic nitrogens is 2. The lowest BCUT2D eigenvalue weighted by Gasteiger charge is -2.04. The van der Waals surface area contributed by atoms with Crippen molar-refractivity contribution >= 4 is 44.0 Å². The summed E-state index contributed by atoms with van der Waals surface area (Å²) in [6, 6.07) is 7.19. The molecule has 2 N–H and O–H groups in total. The maximum absolute atomic E-state index is 12.0. The molecule has 0 unspecified atom stereocenters. The van der Waals surface area contributed by atoms with E-state index in [9.17, 15) is 13.2 Å². The van der Waals surface area contributed by atoms with E-state index < -0.39 is 10.0 Å². The van der Waals surface area contributed by atoms with Crippen LogP contribution in [-0.2, 0) is 21.2 Å². The van der Waals surface area contributed by atoms with Crippen molar-refractivity contribution in [2.75, 3.05) is 11.9 Å². The number of hydrogen-bond donors (Lipinski definition) is 2. The minimum Gasteiger partial charge on any atom is -0.301 e. The van der Waals surface area contributed by atoms with Crippen LogP contribution >= 0.6 is 22.9 Å². The molecule has 0 saturated heterocycles. The number of anilines is 1. The fourth-order valence-corrected chi connectivity index (χ4v) is 3.83. The van der Waals surface area contributed by atoms with E-state index in [4.69, 9.17) is 11.6 Å². The third kappa shape index (κ3) is 4.73. The van der Waals surface area contributed by atoms with Crippen LogP contribution in [0, 0.1) is 0 Å². The largest absolute Gasteiger partial charge is 0.301 e. The fraction of sp³-hybridized carbons (Fsp3) is 0.250. The summed E-state index contributed by atoms with van der Waals surface area (Å²) in [5, 5.41) is 10.3. The summed E-state index contributed by atoms with van der Waals surface area (Å²) in [7, 11) is -3.74. The number of carbonyl (C=O) groups is 1. The van der Waals surface area contributed by atoms with E-state index in [1.165, 1.54) is 6.92 Å².